The molecule has 2 fully saturated rings. The first-order chi connectivity index (χ1) is 12.1. The molecular weight excluding hydrogens is 364 g/mol. The number of aromatic nitrogens is 2. The Bertz CT molecular complexity index is 834. The summed E-state index contributed by atoms with van der Waals surface area (Å²) >= 11 is 7.63. The number of imide groups is 1. The highest BCUT2D eigenvalue weighted by Gasteiger charge is 2.53. The summed E-state index contributed by atoms with van der Waals surface area (Å²) in [6, 6.07) is 6.99. The van der Waals surface area contributed by atoms with Gasteiger partial charge in [-0.1, -0.05) is 28.9 Å². The first-order valence-electron chi connectivity index (χ1n) is 7.83. The van der Waals surface area contributed by atoms with Gasteiger partial charge in [0.05, 0.1) is 0 Å². The maximum atomic E-state index is 12.6. The number of hydrogen-bond donors (Lipinski definition) is 1. The number of nitrogens with one attached hydrogen (secondary N) is 1. The number of carbonyl (C=O) groups is 2. The lowest BCUT2D eigenvalue weighted by Gasteiger charge is -2.18. The second-order valence-corrected chi connectivity index (χ2v) is 7.66. The first kappa shape index (κ1) is 16.4. The maximum absolute atomic E-state index is 12.6. The zero-order chi connectivity index (χ0) is 17.4. The molecule has 25 heavy (non-hydrogen) atoms. The van der Waals surface area contributed by atoms with Gasteiger partial charge in [-0.25, -0.2) is 4.79 Å². The summed E-state index contributed by atoms with van der Waals surface area (Å²) in [7, 11) is 0. The van der Waals surface area contributed by atoms with E-state index in [1.54, 1.807) is 17.8 Å². The predicted molar refractivity (Wildman–Crippen MR) is 92.3 cm³/mol. The first-order valence-corrected chi connectivity index (χ1v) is 9.37. The van der Waals surface area contributed by atoms with Gasteiger partial charge in [0.15, 0.2) is 5.82 Å². The molecule has 2 aromatic rings. The van der Waals surface area contributed by atoms with Crippen molar-refractivity contribution in [2.24, 2.45) is 0 Å². The van der Waals surface area contributed by atoms with Crippen LogP contribution in [0.2, 0.25) is 5.02 Å². The van der Waals surface area contributed by atoms with Crippen LogP contribution in [0.25, 0.3) is 0 Å². The van der Waals surface area contributed by atoms with E-state index in [2.05, 4.69) is 15.5 Å². The monoisotopic (exact) mass is 378 g/mol. The van der Waals surface area contributed by atoms with Crippen molar-refractivity contribution in [2.45, 2.75) is 24.9 Å². The highest BCUT2D eigenvalue weighted by atomic mass is 35.5. The molecule has 0 radical (unpaired) electrons. The van der Waals surface area contributed by atoms with E-state index in [1.165, 1.54) is 0 Å². The van der Waals surface area contributed by atoms with Gasteiger partial charge in [-0.05, 0) is 29.9 Å². The van der Waals surface area contributed by atoms with Crippen molar-refractivity contribution in [2.75, 3.05) is 11.5 Å². The summed E-state index contributed by atoms with van der Waals surface area (Å²) in [5.41, 5.74) is 0.197. The molecule has 1 N–H and O–H groups in total. The number of carbonyl (C=O) groups excluding carboxylic acids is 2. The van der Waals surface area contributed by atoms with Gasteiger partial charge in [-0.2, -0.15) is 16.7 Å². The van der Waals surface area contributed by atoms with Crippen LogP contribution in [0.5, 0.6) is 0 Å². The molecule has 7 nitrogen and oxygen atoms in total. The molecule has 9 heteroatoms. The van der Waals surface area contributed by atoms with Crippen LogP contribution in [0.15, 0.2) is 28.8 Å². The summed E-state index contributed by atoms with van der Waals surface area (Å²) in [5, 5.41) is 7.37. The minimum absolute atomic E-state index is 0.0143. The normalized spacial score (nSPS) is 22.8. The second kappa shape index (κ2) is 6.34. The van der Waals surface area contributed by atoms with Crippen LogP contribution in [0.3, 0.4) is 0 Å². The second-order valence-electron chi connectivity index (χ2n) is 6.12. The number of benzene rings is 1. The molecule has 0 aliphatic carbocycles. The van der Waals surface area contributed by atoms with E-state index in [0.717, 1.165) is 16.2 Å². The maximum Gasteiger partial charge on any atom is 0.325 e. The summed E-state index contributed by atoms with van der Waals surface area (Å²) < 4.78 is 5.20. The molecule has 1 atom stereocenters. The summed E-state index contributed by atoms with van der Waals surface area (Å²) in [6.07, 6.45) is 1.12. The van der Waals surface area contributed by atoms with Crippen molar-refractivity contribution < 1.29 is 14.1 Å². The van der Waals surface area contributed by atoms with Gasteiger partial charge in [0, 0.05) is 17.2 Å². The lowest BCUT2D eigenvalue weighted by Crippen LogP contribution is -2.46. The Hall–Kier alpha value is -2.06. The average Bonchev–Trinajstić information content (AvgIpc) is 3.26. The van der Waals surface area contributed by atoms with Gasteiger partial charge >= 0.3 is 6.03 Å². The zero-order valence-corrected chi connectivity index (χ0v) is 14.8. The average molecular weight is 379 g/mol. The molecule has 4 rings (SSSR count). The molecule has 1 aromatic carbocycles. The summed E-state index contributed by atoms with van der Waals surface area (Å²) in [5.74, 6) is 1.98. The third-order valence-electron chi connectivity index (χ3n) is 4.32. The third-order valence-corrected chi connectivity index (χ3v) is 5.75. The smallest absolute Gasteiger partial charge is 0.325 e. The number of hydrogen-bond acceptors (Lipinski definition) is 6. The molecule has 3 amide bonds. The molecule has 130 valence electrons. The Morgan fingerprint density at radius 2 is 2.28 bits per heavy atom. The summed E-state index contributed by atoms with van der Waals surface area (Å²) in [4.78, 5) is 30.2. The number of thioether (sulfide) groups is 1. The lowest BCUT2D eigenvalue weighted by atomic mass is 9.99. The minimum Gasteiger partial charge on any atom is -0.337 e. The molecule has 1 spiro atoms. The van der Waals surface area contributed by atoms with E-state index >= 15 is 0 Å². The van der Waals surface area contributed by atoms with Crippen molar-refractivity contribution in [3.8, 4) is 0 Å². The quantitative estimate of drug-likeness (QED) is 0.821. The van der Waals surface area contributed by atoms with E-state index in [1.807, 2.05) is 18.2 Å². The topological polar surface area (TPSA) is 88.3 Å². The highest BCUT2D eigenvalue weighted by molar-refractivity contribution is 7.99. The van der Waals surface area contributed by atoms with Gasteiger partial charge in [0.25, 0.3) is 5.91 Å². The fourth-order valence-electron chi connectivity index (χ4n) is 3.04. The molecular formula is C16H15ClN4O3S. The lowest BCUT2D eigenvalue weighted by molar-refractivity contribution is -0.131. The minimum atomic E-state index is -0.759. The predicted octanol–water partition coefficient (Wildman–Crippen LogP) is 2.24. The standard InChI is InChI=1S/C16H15ClN4O3S/c17-11-3-1-2-10(6-11)7-12-18-13(24-20-12)8-21-14(22)16(19-15(21)23)4-5-25-9-16/h1-3,6H,4-5,7-9H2,(H,19,23). The van der Waals surface area contributed by atoms with Crippen molar-refractivity contribution in [3.05, 3.63) is 46.6 Å². The number of urea groups is 1. The largest absolute Gasteiger partial charge is 0.337 e. The molecule has 2 aliphatic rings. The van der Waals surface area contributed by atoms with Gasteiger partial charge in [0.1, 0.15) is 12.1 Å². The van der Waals surface area contributed by atoms with Crippen LogP contribution >= 0.6 is 23.4 Å². The van der Waals surface area contributed by atoms with Crippen LogP contribution in [-0.4, -0.2) is 44.0 Å². The van der Waals surface area contributed by atoms with E-state index < -0.39 is 11.6 Å². The van der Waals surface area contributed by atoms with Gasteiger partial charge < -0.3 is 9.84 Å². The van der Waals surface area contributed by atoms with Crippen molar-refractivity contribution >= 4 is 35.3 Å². The number of halogens is 1. The van der Waals surface area contributed by atoms with Gasteiger partial charge in [-0.15, -0.1) is 0 Å². The molecule has 1 unspecified atom stereocenters. The van der Waals surface area contributed by atoms with E-state index in [0.29, 0.717) is 29.4 Å². The fourth-order valence-corrected chi connectivity index (χ4v) is 4.58. The Morgan fingerprint density at radius 1 is 1.40 bits per heavy atom. The van der Waals surface area contributed by atoms with Crippen LogP contribution in [0.4, 0.5) is 4.79 Å². The van der Waals surface area contributed by atoms with E-state index in [9.17, 15) is 9.59 Å². The van der Waals surface area contributed by atoms with E-state index in [-0.39, 0.29) is 18.3 Å². The Balaban J connectivity index is 1.46. The molecule has 0 bridgehead atoms. The van der Waals surface area contributed by atoms with Crippen molar-refractivity contribution in [1.82, 2.24) is 20.4 Å². The van der Waals surface area contributed by atoms with Crippen LogP contribution < -0.4 is 5.32 Å². The van der Waals surface area contributed by atoms with Crippen LogP contribution in [0.1, 0.15) is 23.7 Å². The number of amides is 3. The van der Waals surface area contributed by atoms with Crippen LogP contribution in [0, 0.1) is 0 Å². The van der Waals surface area contributed by atoms with Gasteiger partial charge in [0.2, 0.25) is 5.89 Å². The number of nitrogens with zero attached hydrogens (tertiary/aromatic N) is 3. The van der Waals surface area contributed by atoms with Crippen molar-refractivity contribution in [3.63, 3.8) is 0 Å². The SMILES string of the molecule is O=C1NC2(CCSC2)C(=O)N1Cc1nc(Cc2cccc(Cl)c2)no1. The molecule has 2 saturated heterocycles. The third kappa shape index (κ3) is 3.11. The summed E-state index contributed by atoms with van der Waals surface area (Å²) in [6.45, 7) is -0.0143. The molecule has 0 saturated carbocycles. The van der Waals surface area contributed by atoms with E-state index in [4.69, 9.17) is 16.1 Å². The zero-order valence-electron chi connectivity index (χ0n) is 13.2. The molecule has 2 aliphatic heterocycles. The number of rotatable bonds is 4. The molecule has 1 aromatic heterocycles. The Labute approximate surface area is 153 Å². The van der Waals surface area contributed by atoms with Crippen molar-refractivity contribution in [1.29, 1.82) is 0 Å². The van der Waals surface area contributed by atoms with Gasteiger partial charge in [-0.3, -0.25) is 9.69 Å². The Morgan fingerprint density at radius 3 is 3.04 bits per heavy atom. The Kier molecular flexibility index (Phi) is 4.16. The fraction of sp³-hybridized carbons (Fsp3) is 0.375. The highest BCUT2D eigenvalue weighted by Crippen LogP contribution is 2.33. The molecule has 3 heterocycles. The van der Waals surface area contributed by atoms with Crippen LogP contribution in [-0.2, 0) is 17.8 Å².